The van der Waals surface area contributed by atoms with E-state index >= 15 is 0 Å². The van der Waals surface area contributed by atoms with Crippen LogP contribution in [0.1, 0.15) is 104 Å². The molecule has 0 aromatic heterocycles. The lowest BCUT2D eigenvalue weighted by molar-refractivity contribution is -0.137. The molecule has 1 saturated carbocycles. The summed E-state index contributed by atoms with van der Waals surface area (Å²) in [7, 11) is 0. The van der Waals surface area contributed by atoms with Gasteiger partial charge in [-0.2, -0.15) is 0 Å². The smallest absolute Gasteiger partial charge is 0.330 e. The second-order valence-electron chi connectivity index (χ2n) is 11.0. The van der Waals surface area contributed by atoms with E-state index in [4.69, 9.17) is 9.47 Å². The van der Waals surface area contributed by atoms with Crippen LogP contribution in [0.25, 0.3) is 0 Å². The minimum absolute atomic E-state index is 0.149. The number of ether oxygens (including phenoxy) is 2. The van der Waals surface area contributed by atoms with E-state index in [1.54, 1.807) is 6.08 Å². The Morgan fingerprint density at radius 2 is 1.59 bits per heavy atom. The molecule has 1 aromatic rings. The molecule has 0 spiro atoms. The van der Waals surface area contributed by atoms with E-state index in [1.165, 1.54) is 42.4 Å². The van der Waals surface area contributed by atoms with Gasteiger partial charge in [0.05, 0.1) is 13.2 Å². The van der Waals surface area contributed by atoms with Gasteiger partial charge in [0.15, 0.2) is 0 Å². The monoisotopic (exact) mass is 438 g/mol. The van der Waals surface area contributed by atoms with Crippen LogP contribution in [0.3, 0.4) is 0 Å². The van der Waals surface area contributed by atoms with Gasteiger partial charge in [0, 0.05) is 17.1 Å². The summed E-state index contributed by atoms with van der Waals surface area (Å²) in [6, 6.07) is 4.86. The molecule has 0 atom stereocenters. The van der Waals surface area contributed by atoms with E-state index in [1.807, 2.05) is 13.8 Å². The molecule has 176 valence electrons. The maximum atomic E-state index is 11.7. The van der Waals surface area contributed by atoms with E-state index in [0.717, 1.165) is 30.8 Å². The third-order valence-corrected chi connectivity index (χ3v) is 7.36. The summed E-state index contributed by atoms with van der Waals surface area (Å²) in [5.41, 5.74) is 5.79. The normalized spacial score (nSPS) is 20.7. The van der Waals surface area contributed by atoms with Crippen LogP contribution in [0.5, 0.6) is 5.75 Å². The van der Waals surface area contributed by atoms with E-state index in [-0.39, 0.29) is 22.2 Å². The molecule has 0 heterocycles. The van der Waals surface area contributed by atoms with Crippen molar-refractivity contribution >= 4 is 5.97 Å². The van der Waals surface area contributed by atoms with Gasteiger partial charge in [-0.15, -0.1) is 0 Å². The zero-order chi connectivity index (χ0) is 23.6. The first-order valence-electron chi connectivity index (χ1n) is 12.4. The first kappa shape index (κ1) is 24.6. The van der Waals surface area contributed by atoms with Gasteiger partial charge in [-0.1, -0.05) is 52.8 Å². The number of benzene rings is 1. The fourth-order valence-corrected chi connectivity index (χ4v) is 4.96. The van der Waals surface area contributed by atoms with Crippen LogP contribution in [-0.4, -0.2) is 19.2 Å². The molecule has 3 heteroatoms. The highest BCUT2D eigenvalue weighted by molar-refractivity contribution is 5.83. The minimum atomic E-state index is -0.273. The highest BCUT2D eigenvalue weighted by Crippen LogP contribution is 2.57. The molecule has 1 aromatic carbocycles. The predicted molar refractivity (Wildman–Crippen MR) is 133 cm³/mol. The molecule has 2 aliphatic rings. The number of esters is 1. The molecular formula is C29H42O3. The summed E-state index contributed by atoms with van der Waals surface area (Å²) in [4.78, 5) is 11.7. The lowest BCUT2D eigenvalue weighted by Crippen LogP contribution is -2.34. The van der Waals surface area contributed by atoms with E-state index in [2.05, 4.69) is 58.9 Å². The van der Waals surface area contributed by atoms with Gasteiger partial charge in [-0.05, 0) is 86.0 Å². The van der Waals surface area contributed by atoms with Crippen LogP contribution in [0.4, 0.5) is 0 Å². The number of carbonyl (C=O) groups excluding carboxylic acids is 1. The van der Waals surface area contributed by atoms with Crippen LogP contribution in [0.15, 0.2) is 35.9 Å². The Morgan fingerprint density at radius 1 is 0.969 bits per heavy atom. The van der Waals surface area contributed by atoms with Crippen LogP contribution < -0.4 is 4.74 Å². The van der Waals surface area contributed by atoms with Crippen molar-refractivity contribution in [2.24, 2.45) is 0 Å². The number of rotatable bonds is 9. The molecule has 0 radical (unpaired) electrons. The quantitative estimate of drug-likeness (QED) is 0.230. The second-order valence-corrected chi connectivity index (χ2v) is 11.0. The molecule has 0 bridgehead atoms. The molecule has 0 N–H and O–H groups in total. The van der Waals surface area contributed by atoms with Crippen molar-refractivity contribution in [2.45, 2.75) is 103 Å². The third-order valence-electron chi connectivity index (χ3n) is 7.36. The second kappa shape index (κ2) is 9.45. The van der Waals surface area contributed by atoms with Gasteiger partial charge in [-0.25, -0.2) is 4.79 Å². The molecular weight excluding hydrogens is 396 g/mol. The molecule has 2 aliphatic carbocycles. The zero-order valence-corrected chi connectivity index (χ0v) is 21.3. The van der Waals surface area contributed by atoms with Gasteiger partial charge in [0.25, 0.3) is 0 Å². The van der Waals surface area contributed by atoms with Crippen LogP contribution >= 0.6 is 0 Å². The fourth-order valence-electron chi connectivity index (χ4n) is 4.96. The maximum Gasteiger partial charge on any atom is 0.330 e. The molecule has 0 amide bonds. The van der Waals surface area contributed by atoms with Crippen molar-refractivity contribution < 1.29 is 14.3 Å². The number of carbonyl (C=O) groups is 1. The maximum absolute atomic E-state index is 11.7. The molecule has 3 nitrogen and oxygen atoms in total. The lowest BCUT2D eigenvalue weighted by Gasteiger charge is -2.42. The molecule has 1 fully saturated rings. The first-order chi connectivity index (χ1) is 15.0. The molecule has 0 aliphatic heterocycles. The summed E-state index contributed by atoms with van der Waals surface area (Å²) in [5.74, 6) is 0.812. The van der Waals surface area contributed by atoms with Crippen molar-refractivity contribution in [1.29, 1.82) is 0 Å². The first-order valence-corrected chi connectivity index (χ1v) is 12.4. The van der Waals surface area contributed by atoms with Crippen molar-refractivity contribution in [1.82, 2.24) is 0 Å². The van der Waals surface area contributed by atoms with Crippen molar-refractivity contribution in [3.05, 3.63) is 52.6 Å². The van der Waals surface area contributed by atoms with Crippen LogP contribution in [0, 0.1) is 0 Å². The number of hydrogen-bond acceptors (Lipinski definition) is 3. The average Bonchev–Trinajstić information content (AvgIpc) is 3.50. The van der Waals surface area contributed by atoms with Crippen molar-refractivity contribution in [3.8, 4) is 5.75 Å². The van der Waals surface area contributed by atoms with Gasteiger partial charge in [0.2, 0.25) is 0 Å². The summed E-state index contributed by atoms with van der Waals surface area (Å²) in [5, 5.41) is 0. The molecule has 32 heavy (non-hydrogen) atoms. The van der Waals surface area contributed by atoms with E-state index in [0.29, 0.717) is 6.61 Å². The Hall–Kier alpha value is -2.03. The zero-order valence-electron chi connectivity index (χ0n) is 21.3. The summed E-state index contributed by atoms with van der Waals surface area (Å²) in [6.45, 7) is 16.6. The topological polar surface area (TPSA) is 35.5 Å². The predicted octanol–water partition coefficient (Wildman–Crippen LogP) is 7.31. The highest BCUT2D eigenvalue weighted by atomic mass is 16.5. The van der Waals surface area contributed by atoms with E-state index in [9.17, 15) is 4.79 Å². The Balaban J connectivity index is 1.94. The average molecular weight is 439 g/mol. The van der Waals surface area contributed by atoms with Gasteiger partial charge < -0.3 is 9.47 Å². The van der Waals surface area contributed by atoms with Gasteiger partial charge >= 0.3 is 5.97 Å². The number of hydrogen-bond donors (Lipinski definition) is 0. The Labute approximate surface area is 195 Å². The van der Waals surface area contributed by atoms with Gasteiger partial charge in [0.1, 0.15) is 5.75 Å². The number of allylic oxidation sites excluding steroid dienone is 3. The van der Waals surface area contributed by atoms with Crippen molar-refractivity contribution in [3.63, 3.8) is 0 Å². The minimum Gasteiger partial charge on any atom is -0.493 e. The Bertz CT molecular complexity index is 897. The van der Waals surface area contributed by atoms with Crippen LogP contribution in [0.2, 0.25) is 0 Å². The standard InChI is InChI=1S/C29H42O3/c1-8-17-32-25-20-23-22(27(4,5)13-14-28(23,6)7)19-24(25)29(15-16-29)12-10-11-21(3)18-26(30)31-9-2/h10-11,18-20H,8-9,12-17H2,1-7H3. The fraction of sp³-hybridized carbons (Fsp3) is 0.621. The highest BCUT2D eigenvalue weighted by Gasteiger charge is 2.47. The Kier molecular flexibility index (Phi) is 7.27. The largest absolute Gasteiger partial charge is 0.493 e. The van der Waals surface area contributed by atoms with Crippen molar-refractivity contribution in [2.75, 3.05) is 13.2 Å². The lowest BCUT2D eigenvalue weighted by atomic mass is 9.62. The number of fused-ring (bicyclic) bond motifs is 1. The molecule has 0 unspecified atom stereocenters. The van der Waals surface area contributed by atoms with Gasteiger partial charge in [-0.3, -0.25) is 0 Å². The SMILES string of the molecule is CCCOc1cc2c(cc1C1(CC=CC(C)=CC(=O)OCC)CC1)C(C)(C)CCC2(C)C. The van der Waals surface area contributed by atoms with E-state index < -0.39 is 0 Å². The third kappa shape index (κ3) is 5.30. The molecule has 3 rings (SSSR count). The van der Waals surface area contributed by atoms with Crippen LogP contribution in [-0.2, 0) is 25.8 Å². The Morgan fingerprint density at radius 3 is 2.16 bits per heavy atom. The molecule has 0 saturated heterocycles. The summed E-state index contributed by atoms with van der Waals surface area (Å²) < 4.78 is 11.4. The summed E-state index contributed by atoms with van der Waals surface area (Å²) in [6.07, 6.45) is 12.6. The summed E-state index contributed by atoms with van der Waals surface area (Å²) >= 11 is 0.